The molecule has 2 N–H and O–H groups in total. The highest BCUT2D eigenvalue weighted by Gasteiger charge is 2.37. The monoisotopic (exact) mass is 282 g/mol. The predicted octanol–water partition coefficient (Wildman–Crippen LogP) is 3.03. The molecule has 2 rings (SSSR count). The van der Waals surface area contributed by atoms with Crippen molar-refractivity contribution in [2.24, 2.45) is 5.92 Å². The Labute approximate surface area is 114 Å². The van der Waals surface area contributed by atoms with Crippen LogP contribution in [0.5, 0.6) is 0 Å². The van der Waals surface area contributed by atoms with Crippen LogP contribution >= 0.6 is 0 Å². The van der Waals surface area contributed by atoms with Gasteiger partial charge in [0, 0.05) is 18.2 Å². The SMILES string of the molecule is CCCC1CC1Nc1cc(F)c(C(=O)O)cc1[N+](=O)[O-]. The van der Waals surface area contributed by atoms with Crippen LogP contribution in [0.3, 0.4) is 0 Å². The number of benzene rings is 1. The molecule has 0 aliphatic heterocycles. The van der Waals surface area contributed by atoms with E-state index in [9.17, 15) is 19.3 Å². The van der Waals surface area contributed by atoms with Crippen LogP contribution in [-0.4, -0.2) is 22.0 Å². The molecule has 1 aliphatic rings. The number of carboxylic acids is 1. The van der Waals surface area contributed by atoms with Crippen molar-refractivity contribution >= 4 is 17.3 Å². The van der Waals surface area contributed by atoms with Gasteiger partial charge in [0.25, 0.3) is 5.69 Å². The number of anilines is 1. The van der Waals surface area contributed by atoms with Gasteiger partial charge in [0.2, 0.25) is 0 Å². The summed E-state index contributed by atoms with van der Waals surface area (Å²) < 4.78 is 13.6. The average Bonchev–Trinajstić information content (AvgIpc) is 3.07. The molecule has 1 saturated carbocycles. The van der Waals surface area contributed by atoms with E-state index in [-0.39, 0.29) is 11.7 Å². The number of halogens is 1. The fourth-order valence-corrected chi connectivity index (χ4v) is 2.31. The van der Waals surface area contributed by atoms with Crippen molar-refractivity contribution in [3.63, 3.8) is 0 Å². The summed E-state index contributed by atoms with van der Waals surface area (Å²) in [4.78, 5) is 21.1. The normalized spacial score (nSPS) is 20.5. The number of hydrogen-bond donors (Lipinski definition) is 2. The summed E-state index contributed by atoms with van der Waals surface area (Å²) in [5.41, 5.74) is -1.06. The predicted molar refractivity (Wildman–Crippen MR) is 70.4 cm³/mol. The second-order valence-corrected chi connectivity index (χ2v) is 4.95. The Kier molecular flexibility index (Phi) is 3.87. The number of nitrogens with zero attached hydrogens (tertiary/aromatic N) is 1. The first-order chi connectivity index (χ1) is 9.43. The van der Waals surface area contributed by atoms with E-state index >= 15 is 0 Å². The Balaban J connectivity index is 2.26. The second kappa shape index (κ2) is 5.44. The Morgan fingerprint density at radius 3 is 2.85 bits per heavy atom. The molecule has 0 aromatic heterocycles. The van der Waals surface area contributed by atoms with Crippen molar-refractivity contribution in [2.45, 2.75) is 32.2 Å². The number of hydrogen-bond acceptors (Lipinski definition) is 4. The van der Waals surface area contributed by atoms with Crippen molar-refractivity contribution < 1.29 is 19.2 Å². The maximum Gasteiger partial charge on any atom is 0.338 e. The fraction of sp³-hybridized carbons (Fsp3) is 0.462. The summed E-state index contributed by atoms with van der Waals surface area (Å²) in [6.07, 6.45) is 2.94. The Morgan fingerprint density at radius 1 is 1.60 bits per heavy atom. The van der Waals surface area contributed by atoms with E-state index in [0.29, 0.717) is 5.92 Å². The van der Waals surface area contributed by atoms with Crippen LogP contribution in [0, 0.1) is 21.8 Å². The molecule has 2 unspecified atom stereocenters. The van der Waals surface area contributed by atoms with Crippen LogP contribution in [0.2, 0.25) is 0 Å². The third-order valence-electron chi connectivity index (χ3n) is 3.44. The van der Waals surface area contributed by atoms with Gasteiger partial charge in [-0.15, -0.1) is 0 Å². The summed E-state index contributed by atoms with van der Waals surface area (Å²) in [6.45, 7) is 2.05. The van der Waals surface area contributed by atoms with E-state index in [1.165, 1.54) is 0 Å². The van der Waals surface area contributed by atoms with E-state index in [1.54, 1.807) is 0 Å². The third kappa shape index (κ3) is 2.87. The number of carboxylic acid groups (broad SMARTS) is 1. The highest BCUT2D eigenvalue weighted by Crippen LogP contribution is 2.39. The Morgan fingerprint density at radius 2 is 2.30 bits per heavy atom. The lowest BCUT2D eigenvalue weighted by molar-refractivity contribution is -0.384. The molecule has 0 amide bonds. The van der Waals surface area contributed by atoms with Crippen molar-refractivity contribution in [1.29, 1.82) is 0 Å². The van der Waals surface area contributed by atoms with E-state index < -0.39 is 28.0 Å². The minimum Gasteiger partial charge on any atom is -0.478 e. The van der Waals surface area contributed by atoms with Gasteiger partial charge in [0.1, 0.15) is 17.1 Å². The lowest BCUT2D eigenvalue weighted by atomic mass is 10.1. The van der Waals surface area contributed by atoms with Crippen molar-refractivity contribution in [3.05, 3.63) is 33.6 Å². The largest absolute Gasteiger partial charge is 0.478 e. The van der Waals surface area contributed by atoms with Gasteiger partial charge in [-0.3, -0.25) is 10.1 Å². The van der Waals surface area contributed by atoms with Crippen LogP contribution in [-0.2, 0) is 0 Å². The number of nitro benzene ring substituents is 1. The molecule has 108 valence electrons. The van der Waals surface area contributed by atoms with Gasteiger partial charge in [-0.25, -0.2) is 9.18 Å². The van der Waals surface area contributed by atoms with Crippen LogP contribution in [0.1, 0.15) is 36.5 Å². The molecule has 0 heterocycles. The number of rotatable bonds is 6. The molecule has 1 aromatic carbocycles. The van der Waals surface area contributed by atoms with Crippen LogP contribution < -0.4 is 5.32 Å². The smallest absolute Gasteiger partial charge is 0.338 e. The first-order valence-electron chi connectivity index (χ1n) is 6.41. The summed E-state index contributed by atoms with van der Waals surface area (Å²) in [7, 11) is 0. The van der Waals surface area contributed by atoms with E-state index in [1.807, 2.05) is 0 Å². The zero-order valence-corrected chi connectivity index (χ0v) is 10.9. The average molecular weight is 282 g/mol. The minimum atomic E-state index is -1.52. The van der Waals surface area contributed by atoms with Gasteiger partial charge in [0.05, 0.1) is 4.92 Å². The van der Waals surface area contributed by atoms with Gasteiger partial charge in [-0.2, -0.15) is 0 Å². The number of aromatic carboxylic acids is 1. The van der Waals surface area contributed by atoms with Gasteiger partial charge < -0.3 is 10.4 Å². The Hall–Kier alpha value is -2.18. The second-order valence-electron chi connectivity index (χ2n) is 4.95. The molecule has 1 aliphatic carbocycles. The summed E-state index contributed by atoms with van der Waals surface area (Å²) in [6, 6.07) is 1.75. The van der Waals surface area contributed by atoms with E-state index in [0.717, 1.165) is 31.4 Å². The quantitative estimate of drug-likeness (QED) is 0.618. The molecule has 0 bridgehead atoms. The lowest BCUT2D eigenvalue weighted by Crippen LogP contribution is -2.10. The maximum atomic E-state index is 13.6. The first-order valence-corrected chi connectivity index (χ1v) is 6.41. The Bertz CT molecular complexity index is 562. The lowest BCUT2D eigenvalue weighted by Gasteiger charge is -2.08. The van der Waals surface area contributed by atoms with Gasteiger partial charge in [-0.05, 0) is 18.8 Å². The molecule has 7 heteroatoms. The van der Waals surface area contributed by atoms with Crippen LogP contribution in [0.4, 0.5) is 15.8 Å². The first kappa shape index (κ1) is 14.2. The molecule has 1 aromatic rings. The minimum absolute atomic E-state index is 0.0427. The number of nitro groups is 1. The summed E-state index contributed by atoms with van der Waals surface area (Å²) in [5.74, 6) is -2.05. The maximum absolute atomic E-state index is 13.6. The van der Waals surface area contributed by atoms with Gasteiger partial charge >= 0.3 is 5.97 Å². The van der Waals surface area contributed by atoms with Crippen LogP contribution in [0.15, 0.2) is 12.1 Å². The zero-order valence-electron chi connectivity index (χ0n) is 10.9. The third-order valence-corrected chi connectivity index (χ3v) is 3.44. The zero-order chi connectivity index (χ0) is 14.9. The van der Waals surface area contributed by atoms with Gasteiger partial charge in [-0.1, -0.05) is 13.3 Å². The fourth-order valence-electron chi connectivity index (χ4n) is 2.31. The molecule has 0 radical (unpaired) electrons. The van der Waals surface area contributed by atoms with Gasteiger partial charge in [0.15, 0.2) is 0 Å². The molecule has 0 saturated heterocycles. The molecular weight excluding hydrogens is 267 g/mol. The molecule has 2 atom stereocenters. The highest BCUT2D eigenvalue weighted by molar-refractivity contribution is 5.90. The molecule has 20 heavy (non-hydrogen) atoms. The number of carbonyl (C=O) groups is 1. The molecule has 0 spiro atoms. The highest BCUT2D eigenvalue weighted by atomic mass is 19.1. The topological polar surface area (TPSA) is 92.5 Å². The molecular formula is C13H15FN2O4. The van der Waals surface area contributed by atoms with Crippen LogP contribution in [0.25, 0.3) is 0 Å². The molecule has 6 nitrogen and oxygen atoms in total. The standard InChI is InChI=1S/C13H15FN2O4/c1-2-3-7-4-10(7)15-11-6-9(14)8(13(17)18)5-12(11)16(19)20/h5-7,10,15H,2-4H2,1H3,(H,17,18). The summed E-state index contributed by atoms with van der Waals surface area (Å²) in [5, 5.41) is 22.7. The van der Waals surface area contributed by atoms with E-state index in [4.69, 9.17) is 5.11 Å². The summed E-state index contributed by atoms with van der Waals surface area (Å²) >= 11 is 0. The van der Waals surface area contributed by atoms with Crippen molar-refractivity contribution in [2.75, 3.05) is 5.32 Å². The molecule has 1 fully saturated rings. The van der Waals surface area contributed by atoms with E-state index in [2.05, 4.69) is 12.2 Å². The number of nitrogens with one attached hydrogen (secondary N) is 1. The van der Waals surface area contributed by atoms with Crippen molar-refractivity contribution in [1.82, 2.24) is 0 Å². The van der Waals surface area contributed by atoms with Crippen molar-refractivity contribution in [3.8, 4) is 0 Å².